The van der Waals surface area contributed by atoms with Crippen LogP contribution in [-0.2, 0) is 0 Å². The molecular formula is C10H18S. The molecule has 64 valence electrons. The molecule has 2 aliphatic rings. The Labute approximate surface area is 74.1 Å². The van der Waals surface area contributed by atoms with Gasteiger partial charge in [-0.15, -0.1) is 0 Å². The molecule has 1 aliphatic carbocycles. The summed E-state index contributed by atoms with van der Waals surface area (Å²) in [6.45, 7) is 4.86. The monoisotopic (exact) mass is 170 g/mol. The van der Waals surface area contributed by atoms with Crippen molar-refractivity contribution < 1.29 is 0 Å². The SMILES string of the molecule is CC1SC(C)C2CCCCC12. The lowest BCUT2D eigenvalue weighted by molar-refractivity contribution is 0.254. The minimum Gasteiger partial charge on any atom is -0.155 e. The Morgan fingerprint density at radius 2 is 1.36 bits per heavy atom. The van der Waals surface area contributed by atoms with E-state index in [0.29, 0.717) is 0 Å². The van der Waals surface area contributed by atoms with Crippen LogP contribution in [0.25, 0.3) is 0 Å². The summed E-state index contributed by atoms with van der Waals surface area (Å²) in [6, 6.07) is 0. The molecule has 2 rings (SSSR count). The van der Waals surface area contributed by atoms with Crippen molar-refractivity contribution in [3.63, 3.8) is 0 Å². The highest BCUT2D eigenvalue weighted by Crippen LogP contribution is 2.49. The smallest absolute Gasteiger partial charge is 0.00528 e. The first kappa shape index (κ1) is 7.97. The van der Waals surface area contributed by atoms with Crippen LogP contribution in [-0.4, -0.2) is 10.5 Å². The van der Waals surface area contributed by atoms with E-state index < -0.39 is 0 Å². The second-order valence-electron chi connectivity index (χ2n) is 4.16. The van der Waals surface area contributed by atoms with Crippen molar-refractivity contribution >= 4 is 11.8 Å². The molecule has 4 atom stereocenters. The van der Waals surface area contributed by atoms with Gasteiger partial charge in [-0.2, -0.15) is 11.8 Å². The first-order chi connectivity index (χ1) is 5.29. The molecule has 0 nitrogen and oxygen atoms in total. The highest BCUT2D eigenvalue weighted by molar-refractivity contribution is 8.00. The second-order valence-corrected chi connectivity index (χ2v) is 5.92. The number of fused-ring (bicyclic) bond motifs is 1. The molecular weight excluding hydrogens is 152 g/mol. The van der Waals surface area contributed by atoms with Crippen LogP contribution < -0.4 is 0 Å². The van der Waals surface area contributed by atoms with Crippen molar-refractivity contribution in [1.29, 1.82) is 0 Å². The topological polar surface area (TPSA) is 0 Å². The van der Waals surface area contributed by atoms with Crippen molar-refractivity contribution in [2.24, 2.45) is 11.8 Å². The van der Waals surface area contributed by atoms with E-state index in [9.17, 15) is 0 Å². The van der Waals surface area contributed by atoms with Gasteiger partial charge in [0, 0.05) is 10.5 Å². The minimum absolute atomic E-state index is 0.954. The summed E-state index contributed by atoms with van der Waals surface area (Å²) in [5.74, 6) is 2.15. The van der Waals surface area contributed by atoms with Gasteiger partial charge in [-0.3, -0.25) is 0 Å². The van der Waals surface area contributed by atoms with Crippen LogP contribution in [0.15, 0.2) is 0 Å². The van der Waals surface area contributed by atoms with Gasteiger partial charge in [0.1, 0.15) is 0 Å². The summed E-state index contributed by atoms with van der Waals surface area (Å²) in [6.07, 6.45) is 6.03. The van der Waals surface area contributed by atoms with Crippen LogP contribution >= 0.6 is 11.8 Å². The molecule has 1 heterocycles. The van der Waals surface area contributed by atoms with Crippen molar-refractivity contribution in [2.45, 2.75) is 50.0 Å². The predicted octanol–water partition coefficient (Wildman–Crippen LogP) is 3.32. The third kappa shape index (κ3) is 1.32. The van der Waals surface area contributed by atoms with Gasteiger partial charge in [0.05, 0.1) is 0 Å². The molecule has 1 heteroatoms. The highest BCUT2D eigenvalue weighted by atomic mass is 32.2. The summed E-state index contributed by atoms with van der Waals surface area (Å²) >= 11 is 2.23. The zero-order valence-corrected chi connectivity index (χ0v) is 8.36. The lowest BCUT2D eigenvalue weighted by Gasteiger charge is -2.28. The van der Waals surface area contributed by atoms with Crippen molar-refractivity contribution in [1.82, 2.24) is 0 Å². The van der Waals surface area contributed by atoms with E-state index in [2.05, 4.69) is 25.6 Å². The van der Waals surface area contributed by atoms with Gasteiger partial charge < -0.3 is 0 Å². The molecule has 0 spiro atoms. The predicted molar refractivity (Wildman–Crippen MR) is 52.0 cm³/mol. The Balaban J connectivity index is 2.07. The molecule has 2 fully saturated rings. The quantitative estimate of drug-likeness (QED) is 0.537. The fraction of sp³-hybridized carbons (Fsp3) is 1.00. The summed E-state index contributed by atoms with van der Waals surface area (Å²) < 4.78 is 0. The number of thioether (sulfide) groups is 1. The molecule has 0 amide bonds. The fourth-order valence-electron chi connectivity index (χ4n) is 2.89. The van der Waals surface area contributed by atoms with Gasteiger partial charge in [0.15, 0.2) is 0 Å². The maximum atomic E-state index is 2.43. The van der Waals surface area contributed by atoms with Crippen molar-refractivity contribution in [2.75, 3.05) is 0 Å². The van der Waals surface area contributed by atoms with E-state index in [1.54, 1.807) is 0 Å². The summed E-state index contributed by atoms with van der Waals surface area (Å²) in [4.78, 5) is 0. The maximum absolute atomic E-state index is 2.43. The zero-order chi connectivity index (χ0) is 7.84. The minimum atomic E-state index is 0.954. The Morgan fingerprint density at radius 1 is 0.909 bits per heavy atom. The third-order valence-electron chi connectivity index (χ3n) is 3.51. The summed E-state index contributed by atoms with van der Waals surface area (Å²) in [7, 11) is 0. The summed E-state index contributed by atoms with van der Waals surface area (Å²) in [5.41, 5.74) is 0. The Bertz CT molecular complexity index is 128. The van der Waals surface area contributed by atoms with Gasteiger partial charge in [0.2, 0.25) is 0 Å². The van der Waals surface area contributed by atoms with Crippen molar-refractivity contribution in [3.05, 3.63) is 0 Å². The van der Waals surface area contributed by atoms with Crippen LogP contribution in [0.2, 0.25) is 0 Å². The van der Waals surface area contributed by atoms with E-state index in [4.69, 9.17) is 0 Å². The van der Waals surface area contributed by atoms with Gasteiger partial charge in [-0.05, 0) is 24.7 Å². The maximum Gasteiger partial charge on any atom is 0.00528 e. The third-order valence-corrected chi connectivity index (χ3v) is 5.07. The number of rotatable bonds is 0. The Kier molecular flexibility index (Phi) is 2.18. The van der Waals surface area contributed by atoms with E-state index in [1.807, 2.05) is 0 Å². The Hall–Kier alpha value is 0.350. The van der Waals surface area contributed by atoms with Crippen molar-refractivity contribution in [3.8, 4) is 0 Å². The molecule has 0 aromatic carbocycles. The molecule has 0 aromatic heterocycles. The molecule has 1 aliphatic heterocycles. The Morgan fingerprint density at radius 3 is 1.82 bits per heavy atom. The van der Waals surface area contributed by atoms with Crippen LogP contribution in [0.3, 0.4) is 0 Å². The number of hydrogen-bond acceptors (Lipinski definition) is 1. The van der Waals surface area contributed by atoms with Crippen LogP contribution in [0.4, 0.5) is 0 Å². The first-order valence-electron chi connectivity index (χ1n) is 4.94. The van der Waals surface area contributed by atoms with Gasteiger partial charge >= 0.3 is 0 Å². The molecule has 1 saturated carbocycles. The van der Waals surface area contributed by atoms with Gasteiger partial charge in [-0.25, -0.2) is 0 Å². The highest BCUT2D eigenvalue weighted by Gasteiger charge is 2.40. The average Bonchev–Trinajstić information content (AvgIpc) is 2.30. The standard InChI is InChI=1S/C10H18S/c1-7-9-5-3-4-6-10(9)8(2)11-7/h7-10H,3-6H2,1-2H3. The second kappa shape index (κ2) is 3.01. The molecule has 0 bridgehead atoms. The average molecular weight is 170 g/mol. The lowest BCUT2D eigenvalue weighted by Crippen LogP contribution is -2.23. The molecule has 0 N–H and O–H groups in total. The molecule has 4 unspecified atom stereocenters. The lowest BCUT2D eigenvalue weighted by atomic mass is 9.77. The molecule has 0 aromatic rings. The summed E-state index contributed by atoms with van der Waals surface area (Å²) in [5, 5.41) is 1.91. The molecule has 0 radical (unpaired) electrons. The van der Waals surface area contributed by atoms with Gasteiger partial charge in [-0.1, -0.05) is 26.7 Å². The van der Waals surface area contributed by atoms with E-state index in [-0.39, 0.29) is 0 Å². The van der Waals surface area contributed by atoms with E-state index >= 15 is 0 Å². The molecule has 11 heavy (non-hydrogen) atoms. The van der Waals surface area contributed by atoms with E-state index in [1.165, 1.54) is 25.7 Å². The zero-order valence-electron chi connectivity index (χ0n) is 7.55. The van der Waals surface area contributed by atoms with Crippen LogP contribution in [0, 0.1) is 11.8 Å². The van der Waals surface area contributed by atoms with E-state index in [0.717, 1.165) is 22.3 Å². The van der Waals surface area contributed by atoms with Gasteiger partial charge in [0.25, 0.3) is 0 Å². The van der Waals surface area contributed by atoms with Crippen LogP contribution in [0.1, 0.15) is 39.5 Å². The molecule has 1 saturated heterocycles. The fourth-order valence-corrected chi connectivity index (χ4v) is 4.65. The number of hydrogen-bond donors (Lipinski definition) is 0. The first-order valence-corrected chi connectivity index (χ1v) is 5.89. The largest absolute Gasteiger partial charge is 0.155 e. The normalized spacial score (nSPS) is 50.7. The van der Waals surface area contributed by atoms with Crippen LogP contribution in [0.5, 0.6) is 0 Å².